The summed E-state index contributed by atoms with van der Waals surface area (Å²) in [6, 6.07) is 15.4. The molecule has 0 spiro atoms. The average molecular weight is 742 g/mol. The van der Waals surface area contributed by atoms with Gasteiger partial charge in [-0.15, -0.1) is 0 Å². The van der Waals surface area contributed by atoms with Crippen LogP contribution in [0.5, 0.6) is 0 Å². The number of β-amino-alcohol motifs (C(OH)–C–C–N with tert-alkyl or cyclic N) is 1. The molecular weight excluding hydrogens is 694 g/mol. The Balaban J connectivity index is 1.12. The first kappa shape index (κ1) is 39.4. The Morgan fingerprint density at radius 2 is 1.85 bits per heavy atom. The molecule has 0 aliphatic carbocycles. The molecule has 1 aliphatic heterocycles. The van der Waals surface area contributed by atoms with Gasteiger partial charge in [0.15, 0.2) is 17.0 Å². The van der Waals surface area contributed by atoms with Gasteiger partial charge in [0.25, 0.3) is 5.91 Å². The third kappa shape index (κ3) is 10.2. The Kier molecular flexibility index (Phi) is 13.0. The van der Waals surface area contributed by atoms with Gasteiger partial charge in [-0.1, -0.05) is 44.2 Å². The monoisotopic (exact) mass is 741 g/mol. The van der Waals surface area contributed by atoms with Gasteiger partial charge in [-0.05, 0) is 55.0 Å². The first-order valence-electron chi connectivity index (χ1n) is 17.7. The van der Waals surface area contributed by atoms with Crippen LogP contribution in [0.2, 0.25) is 0 Å². The van der Waals surface area contributed by atoms with Crippen molar-refractivity contribution in [2.45, 2.75) is 70.2 Å². The van der Waals surface area contributed by atoms with Gasteiger partial charge < -0.3 is 31.9 Å². The lowest BCUT2D eigenvalue weighted by Crippen LogP contribution is -2.47. The van der Waals surface area contributed by atoms with Crippen molar-refractivity contribution in [3.8, 4) is 0 Å². The van der Waals surface area contributed by atoms with Gasteiger partial charge in [0, 0.05) is 37.7 Å². The number of hydrazone groups is 1. The Labute approximate surface area is 312 Å². The van der Waals surface area contributed by atoms with Crippen LogP contribution < -0.4 is 27.1 Å². The number of aliphatic carboxylic acids is 1. The quantitative estimate of drug-likeness (QED) is 0.0672. The number of aliphatic hydroxyl groups is 1. The van der Waals surface area contributed by atoms with E-state index in [9.17, 15) is 24.6 Å². The van der Waals surface area contributed by atoms with Crippen LogP contribution in [0, 0.1) is 5.92 Å². The van der Waals surface area contributed by atoms with Crippen molar-refractivity contribution in [1.29, 1.82) is 0 Å². The number of aromatic nitrogens is 4. The molecule has 5 rings (SSSR count). The van der Waals surface area contributed by atoms with Crippen LogP contribution in [0.25, 0.3) is 11.2 Å². The van der Waals surface area contributed by atoms with Crippen molar-refractivity contribution < 1.29 is 29.4 Å². The molecule has 3 atom stereocenters. The molecule has 2 aromatic heterocycles. The van der Waals surface area contributed by atoms with Crippen molar-refractivity contribution in [2.75, 3.05) is 36.6 Å². The van der Waals surface area contributed by atoms with Gasteiger partial charge in [0.2, 0.25) is 11.9 Å². The number of hydrogen-bond donors (Lipinski definition) is 6. The maximum Gasteiger partial charge on any atom is 0.326 e. The average Bonchev–Trinajstić information content (AvgIpc) is 3.45. The molecule has 54 heavy (non-hydrogen) atoms. The molecule has 17 nitrogen and oxygen atoms in total. The fourth-order valence-electron chi connectivity index (χ4n) is 6.69. The summed E-state index contributed by atoms with van der Waals surface area (Å²) >= 11 is 0. The van der Waals surface area contributed by atoms with Gasteiger partial charge >= 0.3 is 5.97 Å². The minimum absolute atomic E-state index is 0.00956. The summed E-state index contributed by atoms with van der Waals surface area (Å²) in [5, 5.41) is 28.0. The number of rotatable bonds is 17. The lowest BCUT2D eigenvalue weighted by atomic mass is 9.79. The van der Waals surface area contributed by atoms with Crippen molar-refractivity contribution in [3.63, 3.8) is 0 Å². The van der Waals surface area contributed by atoms with Crippen molar-refractivity contribution >= 4 is 52.6 Å². The molecule has 0 unspecified atom stereocenters. The van der Waals surface area contributed by atoms with Crippen molar-refractivity contribution in [1.82, 2.24) is 35.7 Å². The number of fused-ring (bicyclic) bond motifs is 1. The first-order valence-corrected chi connectivity index (χ1v) is 17.7. The second-order valence-electron chi connectivity index (χ2n) is 13.8. The first-order chi connectivity index (χ1) is 25.9. The summed E-state index contributed by atoms with van der Waals surface area (Å²) < 4.78 is 0. The zero-order valence-corrected chi connectivity index (χ0v) is 30.6. The number of hydroxylamine groups is 2. The standard InChI is InChI=1S/C37H47N11O6/c1-23(2)17-37(18-24-7-5-4-6-8-24)19-28(54-48(37)15-16-49)21-41-46-30(50)14-13-29(35(52)53)43-34(51)25-9-11-27(12-10-25)47(3)22-26-20-40-33-31(42-26)32(38)44-36(39)45-33/h4-12,20-21,23,28-29,49H,13-19,22H2,1-3H3,(H,43,51)(H,46,50)(H,52,53)(H4,38,39,40,44,45)/b41-21+/t28-,29+,37+/m1/s1. The molecule has 2 aromatic carbocycles. The Bertz CT molecular complexity index is 1950. The molecule has 1 fully saturated rings. The van der Waals surface area contributed by atoms with Gasteiger partial charge in [-0.3, -0.25) is 14.4 Å². The van der Waals surface area contributed by atoms with E-state index in [4.69, 9.17) is 16.3 Å². The summed E-state index contributed by atoms with van der Waals surface area (Å²) in [6.07, 6.45) is 4.43. The highest BCUT2D eigenvalue weighted by atomic mass is 16.7. The number of amides is 2. The number of carbonyl (C=O) groups excluding carboxylic acids is 2. The molecular formula is C37H47N11O6. The smallest absolute Gasteiger partial charge is 0.326 e. The Hall–Kier alpha value is -5.78. The number of benzene rings is 2. The second kappa shape index (κ2) is 17.8. The van der Waals surface area contributed by atoms with E-state index in [1.165, 1.54) is 6.21 Å². The number of aliphatic hydroxyl groups excluding tert-OH is 1. The fraction of sp³-hybridized carbons (Fsp3) is 0.405. The maximum absolute atomic E-state index is 13.0. The van der Waals surface area contributed by atoms with Crippen LogP contribution in [0.4, 0.5) is 17.5 Å². The SMILES string of the molecule is CC(C)C[C@]1(Cc2ccccc2)C[C@H](/C=N/NC(=O)CC[C@H](NC(=O)c2ccc(N(C)Cc3cnc4nc(N)nc(N)c4n3)cc2)C(=O)O)ON1CCO. The summed E-state index contributed by atoms with van der Waals surface area (Å²) in [4.78, 5) is 62.4. The van der Waals surface area contributed by atoms with Crippen molar-refractivity contribution in [2.24, 2.45) is 11.0 Å². The van der Waals surface area contributed by atoms with E-state index >= 15 is 0 Å². The number of nitrogen functional groups attached to an aromatic ring is 2. The summed E-state index contributed by atoms with van der Waals surface area (Å²) in [5.41, 5.74) is 17.0. The van der Waals surface area contributed by atoms with E-state index in [1.54, 1.807) is 30.5 Å². The third-order valence-corrected chi connectivity index (χ3v) is 9.00. The van der Waals surface area contributed by atoms with E-state index in [-0.39, 0.29) is 42.3 Å². The minimum Gasteiger partial charge on any atom is -0.480 e. The highest BCUT2D eigenvalue weighted by molar-refractivity contribution is 5.97. The van der Waals surface area contributed by atoms with Gasteiger partial charge in [-0.25, -0.2) is 20.2 Å². The van der Waals surface area contributed by atoms with Crippen LogP contribution in [-0.2, 0) is 27.4 Å². The molecule has 3 heterocycles. The van der Waals surface area contributed by atoms with Crippen LogP contribution in [0.3, 0.4) is 0 Å². The van der Waals surface area contributed by atoms with Crippen LogP contribution >= 0.6 is 0 Å². The number of nitrogens with zero attached hydrogens (tertiary/aromatic N) is 7. The predicted octanol–water partition coefficient (Wildman–Crippen LogP) is 2.31. The highest BCUT2D eigenvalue weighted by Crippen LogP contribution is 2.39. The molecule has 1 aliphatic rings. The lowest BCUT2D eigenvalue weighted by Gasteiger charge is -2.37. The third-order valence-electron chi connectivity index (χ3n) is 9.00. The van der Waals surface area contributed by atoms with Gasteiger partial charge in [0.05, 0.1) is 36.8 Å². The molecule has 1 saturated heterocycles. The van der Waals surface area contributed by atoms with E-state index in [0.717, 1.165) is 24.1 Å². The van der Waals surface area contributed by atoms with E-state index in [1.807, 2.05) is 35.2 Å². The largest absolute Gasteiger partial charge is 0.480 e. The maximum atomic E-state index is 13.0. The van der Waals surface area contributed by atoms with E-state index in [2.05, 4.69) is 61.8 Å². The number of nitrogens with two attached hydrogens (primary N) is 2. The number of carboxylic acids is 1. The Morgan fingerprint density at radius 1 is 1.11 bits per heavy atom. The fourth-order valence-corrected chi connectivity index (χ4v) is 6.69. The number of carboxylic acid groups (broad SMARTS) is 1. The zero-order valence-electron chi connectivity index (χ0n) is 30.6. The predicted molar refractivity (Wildman–Crippen MR) is 203 cm³/mol. The normalized spacial score (nSPS) is 17.9. The van der Waals surface area contributed by atoms with Gasteiger partial charge in [0.1, 0.15) is 12.1 Å². The molecule has 4 aromatic rings. The molecule has 0 bridgehead atoms. The molecule has 286 valence electrons. The molecule has 8 N–H and O–H groups in total. The van der Waals surface area contributed by atoms with Crippen molar-refractivity contribution in [3.05, 3.63) is 77.6 Å². The lowest BCUT2D eigenvalue weighted by molar-refractivity contribution is -0.182. The topological polar surface area (TPSA) is 247 Å². The molecule has 0 radical (unpaired) electrons. The molecule has 0 saturated carbocycles. The van der Waals surface area contributed by atoms with Crippen LogP contribution in [0.1, 0.15) is 61.1 Å². The summed E-state index contributed by atoms with van der Waals surface area (Å²) in [7, 11) is 1.83. The molecule has 2 amide bonds. The number of hydrogen-bond acceptors (Lipinski definition) is 14. The van der Waals surface area contributed by atoms with E-state index in [0.29, 0.717) is 42.3 Å². The van der Waals surface area contributed by atoms with Crippen LogP contribution in [0.15, 0.2) is 65.9 Å². The number of carbonyl (C=O) groups is 3. The highest BCUT2D eigenvalue weighted by Gasteiger charge is 2.46. The minimum atomic E-state index is -1.31. The van der Waals surface area contributed by atoms with Crippen LogP contribution in [-0.4, -0.2) is 97.1 Å². The Morgan fingerprint density at radius 3 is 2.54 bits per heavy atom. The van der Waals surface area contributed by atoms with Gasteiger partial charge in [-0.2, -0.15) is 20.1 Å². The summed E-state index contributed by atoms with van der Waals surface area (Å²) in [5.74, 6) is -1.89. The second-order valence-corrected chi connectivity index (χ2v) is 13.8. The number of nitrogens with one attached hydrogen (secondary N) is 2. The molecule has 17 heteroatoms. The van der Waals surface area contributed by atoms with E-state index < -0.39 is 29.9 Å². The zero-order chi connectivity index (χ0) is 38.8. The number of anilines is 3. The summed E-state index contributed by atoms with van der Waals surface area (Å²) in [6.45, 7) is 4.89.